The number of nitrogens with zero attached hydrogens (tertiary/aromatic N) is 1. The highest BCUT2D eigenvalue weighted by Gasteiger charge is 2.07. The van der Waals surface area contributed by atoms with Crippen molar-refractivity contribution in [3.8, 4) is 11.8 Å². The number of aliphatic hydroxyl groups is 1. The van der Waals surface area contributed by atoms with Gasteiger partial charge < -0.3 is 10.0 Å². The Labute approximate surface area is 128 Å². The third kappa shape index (κ3) is 4.98. The molecule has 0 radical (unpaired) electrons. The van der Waals surface area contributed by atoms with Gasteiger partial charge in [-0.15, -0.1) is 11.3 Å². The molecule has 0 aliphatic heterocycles. The van der Waals surface area contributed by atoms with Crippen molar-refractivity contribution in [1.82, 2.24) is 4.90 Å². The lowest BCUT2D eigenvalue weighted by atomic mass is 10.1. The van der Waals surface area contributed by atoms with Crippen LogP contribution in [0.4, 0.5) is 4.39 Å². The van der Waals surface area contributed by atoms with Gasteiger partial charge in [0.15, 0.2) is 0 Å². The molecule has 21 heavy (non-hydrogen) atoms. The molecule has 0 spiro atoms. The molecule has 0 aliphatic rings. The first-order valence-corrected chi connectivity index (χ1v) is 7.66. The van der Waals surface area contributed by atoms with Gasteiger partial charge in [0.2, 0.25) is 0 Å². The van der Waals surface area contributed by atoms with Crippen LogP contribution in [0, 0.1) is 17.7 Å². The summed E-state index contributed by atoms with van der Waals surface area (Å²) in [6.45, 7) is 1.26. The van der Waals surface area contributed by atoms with Gasteiger partial charge in [0.05, 0.1) is 0 Å². The highest BCUT2D eigenvalue weighted by molar-refractivity contribution is 7.09. The Morgan fingerprint density at radius 1 is 1.33 bits per heavy atom. The Bertz CT molecular complexity index is 628. The van der Waals surface area contributed by atoms with Gasteiger partial charge in [0.25, 0.3) is 0 Å². The summed E-state index contributed by atoms with van der Waals surface area (Å²) in [5, 5.41) is 10.7. The maximum absolute atomic E-state index is 14.0. The molecular formula is C17H18FNOS. The van der Waals surface area contributed by atoms with Crippen molar-refractivity contribution in [2.45, 2.75) is 13.0 Å². The number of likely N-dealkylation sites (N-methyl/N-ethyl adjacent to an activating group) is 1. The predicted octanol–water partition coefficient (Wildman–Crippen LogP) is 2.91. The Morgan fingerprint density at radius 2 is 2.19 bits per heavy atom. The third-order valence-electron chi connectivity index (χ3n) is 3.13. The molecule has 0 saturated carbocycles. The minimum Gasteiger partial charge on any atom is -0.384 e. The van der Waals surface area contributed by atoms with Crippen LogP contribution in [-0.2, 0) is 13.0 Å². The molecule has 2 aromatic rings. The Hall–Kier alpha value is -1.67. The van der Waals surface area contributed by atoms with E-state index in [1.165, 1.54) is 10.9 Å². The fourth-order valence-electron chi connectivity index (χ4n) is 2.02. The van der Waals surface area contributed by atoms with Crippen LogP contribution in [0.2, 0.25) is 0 Å². The summed E-state index contributed by atoms with van der Waals surface area (Å²) < 4.78 is 14.0. The summed E-state index contributed by atoms with van der Waals surface area (Å²) in [6.07, 6.45) is 0.982. The zero-order valence-electron chi connectivity index (χ0n) is 12.0. The zero-order valence-corrected chi connectivity index (χ0v) is 12.8. The average molecular weight is 303 g/mol. The molecule has 1 aromatic carbocycles. The molecule has 0 atom stereocenters. The SMILES string of the molecule is CN(CCc1cccs1)Cc1ccc(C#CCO)cc1F. The summed E-state index contributed by atoms with van der Waals surface area (Å²) in [5.41, 5.74) is 1.25. The van der Waals surface area contributed by atoms with E-state index in [1.807, 2.05) is 13.1 Å². The van der Waals surface area contributed by atoms with Crippen molar-refractivity contribution in [2.24, 2.45) is 0 Å². The van der Waals surface area contributed by atoms with E-state index in [4.69, 9.17) is 5.11 Å². The fourth-order valence-corrected chi connectivity index (χ4v) is 2.72. The van der Waals surface area contributed by atoms with E-state index < -0.39 is 0 Å². The maximum atomic E-state index is 14.0. The van der Waals surface area contributed by atoms with Crippen LogP contribution in [-0.4, -0.2) is 30.2 Å². The molecule has 0 bridgehead atoms. The molecule has 1 heterocycles. The van der Waals surface area contributed by atoms with Crippen LogP contribution in [0.1, 0.15) is 16.0 Å². The van der Waals surface area contributed by atoms with Gasteiger partial charge in [-0.25, -0.2) is 4.39 Å². The van der Waals surface area contributed by atoms with Crippen LogP contribution < -0.4 is 0 Å². The monoisotopic (exact) mass is 303 g/mol. The van der Waals surface area contributed by atoms with E-state index in [0.29, 0.717) is 17.7 Å². The van der Waals surface area contributed by atoms with E-state index in [2.05, 4.69) is 28.2 Å². The molecule has 0 fully saturated rings. The molecule has 0 unspecified atom stereocenters. The molecular weight excluding hydrogens is 285 g/mol. The molecule has 1 N–H and O–H groups in total. The Morgan fingerprint density at radius 3 is 2.86 bits per heavy atom. The second kappa shape index (κ2) is 7.94. The normalized spacial score (nSPS) is 10.5. The molecule has 0 saturated heterocycles. The lowest BCUT2D eigenvalue weighted by Crippen LogP contribution is -2.21. The van der Waals surface area contributed by atoms with Crippen molar-refractivity contribution in [3.05, 3.63) is 57.5 Å². The molecule has 2 rings (SSSR count). The first-order chi connectivity index (χ1) is 10.2. The predicted molar refractivity (Wildman–Crippen MR) is 84.7 cm³/mol. The van der Waals surface area contributed by atoms with Crippen LogP contribution in [0.25, 0.3) is 0 Å². The summed E-state index contributed by atoms with van der Waals surface area (Å²) in [6, 6.07) is 9.14. The van der Waals surface area contributed by atoms with Gasteiger partial charge in [-0.1, -0.05) is 24.0 Å². The second-order valence-corrected chi connectivity index (χ2v) is 5.87. The highest BCUT2D eigenvalue weighted by atomic mass is 32.1. The van der Waals surface area contributed by atoms with Crippen molar-refractivity contribution in [1.29, 1.82) is 0 Å². The molecule has 4 heteroatoms. The minimum atomic E-state index is -0.247. The smallest absolute Gasteiger partial charge is 0.128 e. The van der Waals surface area contributed by atoms with Crippen LogP contribution >= 0.6 is 11.3 Å². The number of thiophene rings is 1. The number of rotatable bonds is 5. The number of halogens is 1. The van der Waals surface area contributed by atoms with Gasteiger partial charge >= 0.3 is 0 Å². The van der Waals surface area contributed by atoms with Crippen LogP contribution in [0.15, 0.2) is 35.7 Å². The van der Waals surface area contributed by atoms with E-state index in [1.54, 1.807) is 23.5 Å². The molecule has 1 aromatic heterocycles. The third-order valence-corrected chi connectivity index (χ3v) is 4.06. The van der Waals surface area contributed by atoms with E-state index in [0.717, 1.165) is 13.0 Å². The Kier molecular flexibility index (Phi) is 5.94. The highest BCUT2D eigenvalue weighted by Crippen LogP contribution is 2.14. The van der Waals surface area contributed by atoms with E-state index >= 15 is 0 Å². The number of hydrogen-bond donors (Lipinski definition) is 1. The summed E-state index contributed by atoms with van der Waals surface area (Å²) in [5.74, 6) is 4.98. The van der Waals surface area contributed by atoms with Gasteiger partial charge in [0.1, 0.15) is 12.4 Å². The summed E-state index contributed by atoms with van der Waals surface area (Å²) >= 11 is 1.75. The summed E-state index contributed by atoms with van der Waals surface area (Å²) in [4.78, 5) is 3.45. The van der Waals surface area contributed by atoms with Crippen molar-refractivity contribution >= 4 is 11.3 Å². The van der Waals surface area contributed by atoms with Gasteiger partial charge in [-0.2, -0.15) is 0 Å². The molecule has 0 aliphatic carbocycles. The number of benzene rings is 1. The lowest BCUT2D eigenvalue weighted by molar-refractivity contribution is 0.326. The molecule has 0 amide bonds. The van der Waals surface area contributed by atoms with Crippen molar-refractivity contribution in [2.75, 3.05) is 20.2 Å². The van der Waals surface area contributed by atoms with E-state index in [-0.39, 0.29) is 12.4 Å². The van der Waals surface area contributed by atoms with Crippen molar-refractivity contribution in [3.63, 3.8) is 0 Å². The Balaban J connectivity index is 1.92. The topological polar surface area (TPSA) is 23.5 Å². The van der Waals surface area contributed by atoms with Crippen molar-refractivity contribution < 1.29 is 9.50 Å². The van der Waals surface area contributed by atoms with Gasteiger partial charge in [-0.3, -0.25) is 0 Å². The second-order valence-electron chi connectivity index (χ2n) is 4.83. The molecule has 110 valence electrons. The van der Waals surface area contributed by atoms with Crippen LogP contribution in [0.5, 0.6) is 0 Å². The van der Waals surface area contributed by atoms with Gasteiger partial charge in [-0.05, 0) is 37.0 Å². The van der Waals surface area contributed by atoms with Crippen LogP contribution in [0.3, 0.4) is 0 Å². The first kappa shape index (κ1) is 15.7. The maximum Gasteiger partial charge on any atom is 0.128 e. The largest absolute Gasteiger partial charge is 0.384 e. The number of aliphatic hydroxyl groups excluding tert-OH is 1. The van der Waals surface area contributed by atoms with Gasteiger partial charge in [0, 0.05) is 29.1 Å². The quantitative estimate of drug-likeness (QED) is 0.859. The number of hydrogen-bond acceptors (Lipinski definition) is 3. The zero-order chi connectivity index (χ0) is 15.1. The average Bonchev–Trinajstić information content (AvgIpc) is 2.99. The molecule has 2 nitrogen and oxygen atoms in total. The first-order valence-electron chi connectivity index (χ1n) is 6.78. The van der Waals surface area contributed by atoms with E-state index in [9.17, 15) is 4.39 Å². The summed E-state index contributed by atoms with van der Waals surface area (Å²) in [7, 11) is 1.99. The standard InChI is InChI=1S/C17H18FNOS/c1-19(9-8-16-5-3-11-21-16)13-15-7-6-14(4-2-10-20)12-17(15)18/h3,5-7,11-12,20H,8-10,13H2,1H3. The fraction of sp³-hybridized carbons (Fsp3) is 0.294. The lowest BCUT2D eigenvalue weighted by Gasteiger charge is -2.16. The minimum absolute atomic E-state index is 0.213.